The summed E-state index contributed by atoms with van der Waals surface area (Å²) in [6.07, 6.45) is 4.77. The Balaban J connectivity index is 1.52. The van der Waals surface area contributed by atoms with Crippen molar-refractivity contribution in [3.8, 4) is 5.88 Å². The summed E-state index contributed by atoms with van der Waals surface area (Å²) in [6, 6.07) is 8.98. The van der Waals surface area contributed by atoms with Gasteiger partial charge in [-0.1, -0.05) is 51.0 Å². The van der Waals surface area contributed by atoms with Gasteiger partial charge in [-0.05, 0) is 24.1 Å². The average molecular weight is 484 g/mol. The molecule has 4 atom stereocenters. The van der Waals surface area contributed by atoms with E-state index in [1.54, 1.807) is 18.1 Å². The number of aromatic nitrogens is 1. The van der Waals surface area contributed by atoms with Crippen molar-refractivity contribution >= 4 is 22.7 Å². The van der Waals surface area contributed by atoms with E-state index in [2.05, 4.69) is 29.5 Å². The van der Waals surface area contributed by atoms with Crippen LogP contribution in [0.15, 0.2) is 36.5 Å². The highest BCUT2D eigenvalue weighted by atomic mass is 16.5. The Morgan fingerprint density at radius 2 is 1.86 bits per heavy atom. The van der Waals surface area contributed by atoms with Crippen LogP contribution in [0.25, 0.3) is 10.8 Å². The number of ether oxygens (including phenoxy) is 1. The third kappa shape index (κ3) is 5.74. The summed E-state index contributed by atoms with van der Waals surface area (Å²) in [4.78, 5) is 33.4. The molecule has 2 aliphatic heterocycles. The second-order valence-corrected chi connectivity index (χ2v) is 9.95. The predicted octanol–water partition coefficient (Wildman–Crippen LogP) is 2.34. The van der Waals surface area contributed by atoms with Gasteiger partial charge in [0.25, 0.3) is 5.91 Å². The third-order valence-electron chi connectivity index (χ3n) is 6.80. The number of hydrogen-bond acceptors (Lipinski definition) is 7. The van der Waals surface area contributed by atoms with E-state index in [1.165, 1.54) is 4.90 Å². The molecule has 2 fully saturated rings. The molecule has 2 aliphatic rings. The zero-order valence-corrected chi connectivity index (χ0v) is 20.8. The standard InChI is InChI=1S/C26H37N5O4/c1-17(2)15-31-24-23(25(33)30(3)26(31)34)28-20(11-5-4-8-12-32)21(29-24)16-35-22-13-18-9-6-7-10-19(18)14-27-22/h6-7,9-10,13-14,17,20-21,23-24,28-29,32H,4-5,8,11-12,15-16H2,1-3H3. The second kappa shape index (κ2) is 11.3. The summed E-state index contributed by atoms with van der Waals surface area (Å²) in [6.45, 7) is 5.19. The highest BCUT2D eigenvalue weighted by Crippen LogP contribution is 2.25. The van der Waals surface area contributed by atoms with Crippen LogP contribution in [0.1, 0.15) is 39.5 Å². The number of urea groups is 1. The summed E-state index contributed by atoms with van der Waals surface area (Å²) in [5.74, 6) is 0.584. The van der Waals surface area contributed by atoms with E-state index >= 15 is 0 Å². The van der Waals surface area contributed by atoms with Crippen LogP contribution in [-0.4, -0.2) is 82.9 Å². The van der Waals surface area contributed by atoms with E-state index in [0.717, 1.165) is 36.5 Å². The molecule has 2 saturated heterocycles. The Labute approximate surface area is 206 Å². The number of imide groups is 1. The number of benzene rings is 1. The summed E-state index contributed by atoms with van der Waals surface area (Å²) in [7, 11) is 1.55. The number of fused-ring (bicyclic) bond motifs is 2. The minimum Gasteiger partial charge on any atom is -0.476 e. The summed E-state index contributed by atoms with van der Waals surface area (Å²) < 4.78 is 6.13. The van der Waals surface area contributed by atoms with Crippen LogP contribution < -0.4 is 15.4 Å². The van der Waals surface area contributed by atoms with E-state index < -0.39 is 12.2 Å². The van der Waals surface area contributed by atoms with Crippen LogP contribution in [0.4, 0.5) is 4.79 Å². The van der Waals surface area contributed by atoms with E-state index in [1.807, 2.05) is 30.3 Å². The van der Waals surface area contributed by atoms with Crippen molar-refractivity contribution in [1.82, 2.24) is 25.4 Å². The molecule has 0 bridgehead atoms. The average Bonchev–Trinajstić information content (AvgIpc) is 2.86. The van der Waals surface area contributed by atoms with Gasteiger partial charge in [0.15, 0.2) is 0 Å². The van der Waals surface area contributed by atoms with Gasteiger partial charge < -0.3 is 14.7 Å². The highest BCUT2D eigenvalue weighted by molar-refractivity contribution is 6.00. The smallest absolute Gasteiger partial charge is 0.327 e. The number of pyridine rings is 1. The van der Waals surface area contributed by atoms with Gasteiger partial charge in [-0.15, -0.1) is 0 Å². The molecule has 9 nitrogen and oxygen atoms in total. The van der Waals surface area contributed by atoms with E-state index in [4.69, 9.17) is 9.84 Å². The fourth-order valence-corrected chi connectivity index (χ4v) is 4.96. The molecule has 3 N–H and O–H groups in total. The van der Waals surface area contributed by atoms with E-state index in [0.29, 0.717) is 19.0 Å². The predicted molar refractivity (Wildman–Crippen MR) is 134 cm³/mol. The Morgan fingerprint density at radius 1 is 1.09 bits per heavy atom. The quantitative estimate of drug-likeness (QED) is 0.445. The number of unbranched alkanes of at least 4 members (excludes halogenated alkanes) is 2. The molecule has 0 radical (unpaired) electrons. The van der Waals surface area contributed by atoms with Crippen molar-refractivity contribution in [2.45, 2.75) is 63.8 Å². The van der Waals surface area contributed by atoms with Gasteiger partial charge in [-0.25, -0.2) is 9.78 Å². The molecule has 35 heavy (non-hydrogen) atoms. The molecule has 1 aromatic carbocycles. The van der Waals surface area contributed by atoms with Gasteiger partial charge in [-0.3, -0.25) is 20.3 Å². The molecule has 9 heteroatoms. The summed E-state index contributed by atoms with van der Waals surface area (Å²) >= 11 is 0. The van der Waals surface area contributed by atoms with Crippen LogP contribution >= 0.6 is 0 Å². The van der Waals surface area contributed by atoms with Gasteiger partial charge in [0.2, 0.25) is 5.88 Å². The minimum atomic E-state index is -0.519. The molecule has 0 spiro atoms. The maximum atomic E-state index is 13.0. The van der Waals surface area contributed by atoms with E-state index in [-0.39, 0.29) is 36.5 Å². The molecule has 2 aromatic rings. The number of nitrogens with zero attached hydrogens (tertiary/aromatic N) is 3. The first-order chi connectivity index (χ1) is 16.9. The van der Waals surface area contributed by atoms with Gasteiger partial charge in [0.05, 0.1) is 6.04 Å². The van der Waals surface area contributed by atoms with Crippen molar-refractivity contribution in [2.75, 3.05) is 26.8 Å². The van der Waals surface area contributed by atoms with Gasteiger partial charge in [-0.2, -0.15) is 0 Å². The van der Waals surface area contributed by atoms with Crippen molar-refractivity contribution in [2.24, 2.45) is 5.92 Å². The summed E-state index contributed by atoms with van der Waals surface area (Å²) in [5.41, 5.74) is 0. The lowest BCUT2D eigenvalue weighted by Gasteiger charge is -2.51. The molecule has 0 aliphatic carbocycles. The van der Waals surface area contributed by atoms with Crippen LogP contribution in [-0.2, 0) is 4.79 Å². The van der Waals surface area contributed by atoms with E-state index in [9.17, 15) is 9.59 Å². The SMILES string of the molecule is CC(C)CN1C(=O)N(C)C(=O)C2NC(CCCCCO)C(COc3cc4ccccc4cn3)NC21. The number of carbonyl (C=O) groups excluding carboxylic acids is 2. The molecule has 1 aromatic heterocycles. The molecule has 4 unspecified atom stereocenters. The summed E-state index contributed by atoms with van der Waals surface area (Å²) in [5, 5.41) is 18.4. The van der Waals surface area contributed by atoms with Gasteiger partial charge >= 0.3 is 6.03 Å². The lowest BCUT2D eigenvalue weighted by atomic mass is 9.93. The second-order valence-electron chi connectivity index (χ2n) is 9.95. The first-order valence-electron chi connectivity index (χ1n) is 12.6. The van der Waals surface area contributed by atoms with Crippen LogP contribution in [0, 0.1) is 5.92 Å². The zero-order valence-electron chi connectivity index (χ0n) is 20.8. The first kappa shape index (κ1) is 25.3. The third-order valence-corrected chi connectivity index (χ3v) is 6.80. The largest absolute Gasteiger partial charge is 0.476 e. The van der Waals surface area contributed by atoms with Gasteiger partial charge in [0, 0.05) is 43.9 Å². The van der Waals surface area contributed by atoms with Gasteiger partial charge in [0.1, 0.15) is 18.8 Å². The number of aliphatic hydroxyl groups excluding tert-OH is 1. The minimum absolute atomic E-state index is 0.0261. The number of rotatable bonds is 10. The fraction of sp³-hybridized carbons (Fsp3) is 0.577. The molecular weight excluding hydrogens is 446 g/mol. The normalized spacial score (nSPS) is 24.8. The highest BCUT2D eigenvalue weighted by Gasteiger charge is 2.50. The number of hydrogen-bond donors (Lipinski definition) is 3. The maximum absolute atomic E-state index is 13.0. The topological polar surface area (TPSA) is 107 Å². The zero-order chi connectivity index (χ0) is 24.9. The van der Waals surface area contributed by atoms with Crippen molar-refractivity contribution < 1.29 is 19.4 Å². The molecular formula is C26H37N5O4. The van der Waals surface area contributed by atoms with Crippen LogP contribution in [0.2, 0.25) is 0 Å². The molecule has 3 heterocycles. The number of aliphatic hydroxyl groups is 1. The number of piperazine rings is 1. The number of likely N-dealkylation sites (N-methyl/N-ethyl adjacent to an activating group) is 1. The maximum Gasteiger partial charge on any atom is 0.327 e. The molecule has 190 valence electrons. The molecule has 0 saturated carbocycles. The Kier molecular flexibility index (Phi) is 8.20. The Bertz CT molecular complexity index is 1030. The van der Waals surface area contributed by atoms with Crippen molar-refractivity contribution in [3.63, 3.8) is 0 Å². The Morgan fingerprint density at radius 3 is 2.60 bits per heavy atom. The Hall–Kier alpha value is -2.75. The molecule has 4 rings (SSSR count). The van der Waals surface area contributed by atoms with Crippen molar-refractivity contribution in [3.05, 3.63) is 36.5 Å². The number of carbonyl (C=O) groups is 2. The first-order valence-corrected chi connectivity index (χ1v) is 12.6. The van der Waals surface area contributed by atoms with Crippen molar-refractivity contribution in [1.29, 1.82) is 0 Å². The van der Waals surface area contributed by atoms with Crippen LogP contribution in [0.5, 0.6) is 5.88 Å². The lowest BCUT2D eigenvalue weighted by molar-refractivity contribution is -0.138. The lowest BCUT2D eigenvalue weighted by Crippen LogP contribution is -2.79. The molecule has 3 amide bonds. The monoisotopic (exact) mass is 483 g/mol. The number of nitrogens with one attached hydrogen (secondary N) is 2. The van der Waals surface area contributed by atoms with Crippen LogP contribution in [0.3, 0.4) is 0 Å². The number of amides is 3. The fourth-order valence-electron chi connectivity index (χ4n) is 4.96.